The first-order valence-corrected chi connectivity index (χ1v) is 7.41. The molecule has 1 N–H and O–H groups in total. The van der Waals surface area contributed by atoms with Crippen LogP contribution in [0.4, 0.5) is 4.79 Å². The Morgan fingerprint density at radius 1 is 1.14 bits per heavy atom. The third-order valence-electron chi connectivity index (χ3n) is 3.22. The summed E-state index contributed by atoms with van der Waals surface area (Å²) >= 11 is 0. The number of amides is 1. The third kappa shape index (κ3) is 7.66. The molecule has 1 atom stereocenters. The molecule has 1 aliphatic rings. The van der Waals surface area contributed by atoms with E-state index in [0.29, 0.717) is 0 Å². The number of carbonyl (C=O) groups excluding carboxylic acids is 3. The number of hydrogen-bond donors (Lipinski definition) is 1. The molecule has 7 nitrogen and oxygen atoms in total. The molecule has 1 aliphatic carbocycles. The van der Waals surface area contributed by atoms with E-state index in [1.165, 1.54) is 13.5 Å². The van der Waals surface area contributed by atoms with Gasteiger partial charge >= 0.3 is 18.0 Å². The first-order valence-electron chi connectivity index (χ1n) is 7.41. The average Bonchev–Trinajstić information content (AvgIpc) is 2.51. The van der Waals surface area contributed by atoms with Gasteiger partial charge in [-0.25, -0.2) is 14.4 Å². The van der Waals surface area contributed by atoms with Crippen molar-refractivity contribution in [2.45, 2.75) is 51.2 Å². The SMILES string of the molecule is COC(=O)/C=C/C(=O)OC[C@H](C)NC(=O)OC1CCCCC1. The van der Waals surface area contributed by atoms with Crippen molar-refractivity contribution >= 4 is 18.0 Å². The van der Waals surface area contributed by atoms with Crippen molar-refractivity contribution < 1.29 is 28.6 Å². The minimum absolute atomic E-state index is 0.00981. The largest absolute Gasteiger partial charge is 0.466 e. The number of methoxy groups -OCH3 is 1. The minimum atomic E-state index is -0.681. The Morgan fingerprint density at radius 3 is 2.41 bits per heavy atom. The number of nitrogens with one attached hydrogen (secondary N) is 1. The highest BCUT2D eigenvalue weighted by molar-refractivity contribution is 5.91. The average molecular weight is 313 g/mol. The van der Waals surface area contributed by atoms with Gasteiger partial charge in [0.1, 0.15) is 12.7 Å². The van der Waals surface area contributed by atoms with Crippen LogP contribution in [-0.4, -0.2) is 43.9 Å². The molecule has 0 unspecified atom stereocenters. The Labute approximate surface area is 130 Å². The van der Waals surface area contributed by atoms with Gasteiger partial charge in [0.05, 0.1) is 13.2 Å². The highest BCUT2D eigenvalue weighted by Gasteiger charge is 2.18. The van der Waals surface area contributed by atoms with E-state index in [4.69, 9.17) is 9.47 Å². The van der Waals surface area contributed by atoms with E-state index in [1.807, 2.05) is 0 Å². The van der Waals surface area contributed by atoms with Crippen LogP contribution in [0.5, 0.6) is 0 Å². The fourth-order valence-electron chi connectivity index (χ4n) is 2.07. The van der Waals surface area contributed by atoms with Gasteiger partial charge in [-0.15, -0.1) is 0 Å². The third-order valence-corrected chi connectivity index (χ3v) is 3.22. The number of rotatable bonds is 6. The molecule has 0 aliphatic heterocycles. The predicted molar refractivity (Wildman–Crippen MR) is 78.1 cm³/mol. The molecule has 0 aromatic rings. The van der Waals surface area contributed by atoms with Crippen molar-refractivity contribution in [3.8, 4) is 0 Å². The summed E-state index contributed by atoms with van der Waals surface area (Å²) in [5.41, 5.74) is 0. The molecule has 0 heterocycles. The molecule has 124 valence electrons. The molecule has 0 radical (unpaired) electrons. The zero-order chi connectivity index (χ0) is 16.4. The van der Waals surface area contributed by atoms with Crippen molar-refractivity contribution in [2.24, 2.45) is 0 Å². The van der Waals surface area contributed by atoms with Gasteiger partial charge in [-0.05, 0) is 32.6 Å². The van der Waals surface area contributed by atoms with Gasteiger partial charge in [0.2, 0.25) is 0 Å². The predicted octanol–water partition coefficient (Wildman–Crippen LogP) is 1.71. The highest BCUT2D eigenvalue weighted by atomic mass is 16.6. The van der Waals surface area contributed by atoms with Crippen LogP contribution < -0.4 is 5.32 Å². The molecule has 0 bridgehead atoms. The summed E-state index contributed by atoms with van der Waals surface area (Å²) in [6.45, 7) is 1.68. The molecule has 1 saturated carbocycles. The molecule has 1 amide bonds. The Morgan fingerprint density at radius 2 is 1.77 bits per heavy atom. The Hall–Kier alpha value is -2.05. The lowest BCUT2D eigenvalue weighted by atomic mass is 9.98. The molecule has 0 aromatic heterocycles. The standard InChI is InChI=1S/C15H23NO6/c1-11(10-21-14(18)9-8-13(17)20-2)16-15(19)22-12-6-4-3-5-7-12/h8-9,11-12H,3-7,10H2,1-2H3,(H,16,19)/b9-8+/t11-/m0/s1. The summed E-state index contributed by atoms with van der Waals surface area (Å²) in [6, 6.07) is -0.383. The number of esters is 2. The second-order valence-electron chi connectivity index (χ2n) is 5.20. The van der Waals surface area contributed by atoms with Crippen molar-refractivity contribution in [3.63, 3.8) is 0 Å². The normalized spacial score (nSPS) is 16.8. The van der Waals surface area contributed by atoms with Crippen LogP contribution in [-0.2, 0) is 23.8 Å². The second kappa shape index (κ2) is 9.81. The topological polar surface area (TPSA) is 90.9 Å². The minimum Gasteiger partial charge on any atom is -0.466 e. The molecule has 7 heteroatoms. The van der Waals surface area contributed by atoms with E-state index >= 15 is 0 Å². The van der Waals surface area contributed by atoms with Gasteiger partial charge in [-0.3, -0.25) is 0 Å². The molecule has 0 aromatic carbocycles. The lowest BCUT2D eigenvalue weighted by Gasteiger charge is -2.23. The lowest BCUT2D eigenvalue weighted by Crippen LogP contribution is -2.38. The summed E-state index contributed by atoms with van der Waals surface area (Å²) in [6.07, 6.45) is 6.57. The molecule has 22 heavy (non-hydrogen) atoms. The van der Waals surface area contributed by atoms with E-state index in [0.717, 1.165) is 37.8 Å². The van der Waals surface area contributed by atoms with Crippen LogP contribution in [0.15, 0.2) is 12.2 Å². The quantitative estimate of drug-likeness (QED) is 0.456. The molecule has 1 fully saturated rings. The van der Waals surface area contributed by atoms with Gasteiger partial charge in [0, 0.05) is 12.2 Å². The first-order chi connectivity index (χ1) is 10.5. The number of carbonyl (C=O) groups is 3. The van der Waals surface area contributed by atoms with Gasteiger partial charge < -0.3 is 19.5 Å². The molecule has 0 saturated heterocycles. The van der Waals surface area contributed by atoms with Crippen molar-refractivity contribution in [1.29, 1.82) is 0 Å². The van der Waals surface area contributed by atoms with E-state index in [-0.39, 0.29) is 18.8 Å². The smallest absolute Gasteiger partial charge is 0.407 e. The van der Waals surface area contributed by atoms with Crippen LogP contribution in [0.1, 0.15) is 39.0 Å². The maximum atomic E-state index is 11.7. The second-order valence-corrected chi connectivity index (χ2v) is 5.20. The van der Waals surface area contributed by atoms with Crippen LogP contribution >= 0.6 is 0 Å². The summed E-state index contributed by atoms with van der Waals surface area (Å²) in [5, 5.41) is 2.60. The van der Waals surface area contributed by atoms with Crippen LogP contribution in [0.2, 0.25) is 0 Å². The Balaban J connectivity index is 2.20. The molecular formula is C15H23NO6. The van der Waals surface area contributed by atoms with Crippen molar-refractivity contribution in [3.05, 3.63) is 12.2 Å². The van der Waals surface area contributed by atoms with E-state index in [2.05, 4.69) is 10.1 Å². The Kier molecular flexibility index (Phi) is 8.03. The number of hydrogen-bond acceptors (Lipinski definition) is 6. The van der Waals surface area contributed by atoms with E-state index in [9.17, 15) is 14.4 Å². The maximum absolute atomic E-state index is 11.7. The maximum Gasteiger partial charge on any atom is 0.407 e. The monoisotopic (exact) mass is 313 g/mol. The fourth-order valence-corrected chi connectivity index (χ4v) is 2.07. The van der Waals surface area contributed by atoms with E-state index < -0.39 is 18.0 Å². The highest BCUT2D eigenvalue weighted by Crippen LogP contribution is 2.20. The fraction of sp³-hybridized carbons (Fsp3) is 0.667. The van der Waals surface area contributed by atoms with Crippen LogP contribution in [0.25, 0.3) is 0 Å². The van der Waals surface area contributed by atoms with Gasteiger partial charge in [0.25, 0.3) is 0 Å². The van der Waals surface area contributed by atoms with Gasteiger partial charge in [-0.2, -0.15) is 0 Å². The van der Waals surface area contributed by atoms with E-state index in [1.54, 1.807) is 6.92 Å². The summed E-state index contributed by atoms with van der Waals surface area (Å²) in [5.74, 6) is -1.32. The summed E-state index contributed by atoms with van der Waals surface area (Å²) < 4.78 is 14.5. The van der Waals surface area contributed by atoms with Crippen molar-refractivity contribution in [1.82, 2.24) is 5.32 Å². The molecular weight excluding hydrogens is 290 g/mol. The summed E-state index contributed by atoms with van der Waals surface area (Å²) in [7, 11) is 1.21. The first kappa shape index (κ1) is 18.0. The van der Waals surface area contributed by atoms with Gasteiger partial charge in [0.15, 0.2) is 0 Å². The van der Waals surface area contributed by atoms with Crippen molar-refractivity contribution in [2.75, 3.05) is 13.7 Å². The zero-order valence-corrected chi connectivity index (χ0v) is 13.0. The van der Waals surface area contributed by atoms with Gasteiger partial charge in [-0.1, -0.05) is 6.42 Å². The zero-order valence-electron chi connectivity index (χ0n) is 13.0. The number of alkyl carbamates (subject to hydrolysis) is 1. The summed E-state index contributed by atoms with van der Waals surface area (Å²) in [4.78, 5) is 33.8. The molecule has 1 rings (SSSR count). The van der Waals surface area contributed by atoms with Crippen LogP contribution in [0.3, 0.4) is 0 Å². The number of ether oxygens (including phenoxy) is 3. The Bertz CT molecular complexity index is 414. The lowest BCUT2D eigenvalue weighted by molar-refractivity contribution is -0.139. The molecule has 0 spiro atoms. The van der Waals surface area contributed by atoms with Crippen LogP contribution in [0, 0.1) is 0 Å².